The van der Waals surface area contributed by atoms with Crippen molar-refractivity contribution in [2.75, 3.05) is 4.90 Å². The summed E-state index contributed by atoms with van der Waals surface area (Å²) in [6, 6.07) is 15.3. The Hall–Kier alpha value is -3.23. The van der Waals surface area contributed by atoms with Gasteiger partial charge in [0.1, 0.15) is 17.3 Å². The Balaban J connectivity index is 1.58. The van der Waals surface area contributed by atoms with Crippen molar-refractivity contribution in [2.45, 2.75) is 0 Å². The van der Waals surface area contributed by atoms with E-state index in [0.717, 1.165) is 17.3 Å². The minimum absolute atomic E-state index is 0.124. The zero-order valence-corrected chi connectivity index (χ0v) is 16.3. The number of anilines is 1. The average molecular weight is 425 g/mol. The third-order valence-corrected chi connectivity index (χ3v) is 5.50. The Morgan fingerprint density at radius 2 is 1.76 bits per heavy atom. The van der Waals surface area contributed by atoms with Crippen LogP contribution in [-0.4, -0.2) is 21.3 Å². The summed E-state index contributed by atoms with van der Waals surface area (Å²) in [5, 5.41) is 9.00. The Bertz CT molecular complexity index is 1150. The molecule has 0 unspecified atom stereocenters. The first-order chi connectivity index (χ1) is 13.9. The number of thioether (sulfide) groups is 1. The summed E-state index contributed by atoms with van der Waals surface area (Å²) in [6.45, 7) is 0. The zero-order valence-electron chi connectivity index (χ0n) is 14.7. The van der Waals surface area contributed by atoms with Crippen molar-refractivity contribution in [3.8, 4) is 11.3 Å². The second-order valence-electron chi connectivity index (χ2n) is 6.08. The van der Waals surface area contributed by atoms with Crippen LogP contribution >= 0.6 is 24.0 Å². The maximum absolute atomic E-state index is 13.1. The molecule has 1 aromatic heterocycles. The summed E-state index contributed by atoms with van der Waals surface area (Å²) in [7, 11) is 0. The van der Waals surface area contributed by atoms with Crippen LogP contribution in [0.1, 0.15) is 16.1 Å². The van der Waals surface area contributed by atoms with E-state index in [2.05, 4.69) is 0 Å². The van der Waals surface area contributed by atoms with Crippen LogP contribution in [0, 0.1) is 5.82 Å². The number of rotatable bonds is 4. The van der Waals surface area contributed by atoms with E-state index < -0.39 is 5.97 Å². The largest absolute Gasteiger partial charge is 0.478 e. The first-order valence-electron chi connectivity index (χ1n) is 8.39. The summed E-state index contributed by atoms with van der Waals surface area (Å²) < 4.78 is 19.2. The topological polar surface area (TPSA) is 70.8 Å². The lowest BCUT2D eigenvalue weighted by molar-refractivity contribution is -0.113. The molecule has 4 rings (SSSR count). The van der Waals surface area contributed by atoms with Gasteiger partial charge in [-0.1, -0.05) is 24.0 Å². The molecule has 5 nitrogen and oxygen atoms in total. The van der Waals surface area contributed by atoms with Gasteiger partial charge in [-0.15, -0.1) is 0 Å². The van der Waals surface area contributed by atoms with Gasteiger partial charge in [-0.3, -0.25) is 9.69 Å². The van der Waals surface area contributed by atoms with E-state index in [0.29, 0.717) is 26.4 Å². The van der Waals surface area contributed by atoms with Crippen LogP contribution in [0.3, 0.4) is 0 Å². The molecule has 1 N–H and O–H groups in total. The fraction of sp³-hybridized carbons (Fsp3) is 0. The number of benzene rings is 2. The molecular weight excluding hydrogens is 413 g/mol. The molecule has 0 bridgehead atoms. The zero-order chi connectivity index (χ0) is 20.5. The highest BCUT2D eigenvalue weighted by atomic mass is 32.2. The Labute approximate surface area is 174 Å². The smallest absolute Gasteiger partial charge is 0.335 e. The molecule has 2 aromatic carbocycles. The van der Waals surface area contributed by atoms with Gasteiger partial charge in [0.15, 0.2) is 4.32 Å². The number of carboxylic acid groups (broad SMARTS) is 1. The molecule has 1 aliphatic rings. The Morgan fingerprint density at radius 3 is 2.41 bits per heavy atom. The molecule has 29 heavy (non-hydrogen) atoms. The lowest BCUT2D eigenvalue weighted by Crippen LogP contribution is -2.27. The van der Waals surface area contributed by atoms with Crippen LogP contribution in [0.4, 0.5) is 10.1 Å². The van der Waals surface area contributed by atoms with E-state index in [1.807, 2.05) is 0 Å². The molecule has 0 saturated carbocycles. The summed E-state index contributed by atoms with van der Waals surface area (Å²) >= 11 is 6.45. The molecule has 0 radical (unpaired) electrons. The number of furan rings is 1. The Kier molecular flexibility index (Phi) is 5.04. The SMILES string of the molecule is O=C(O)c1ccc(N2C(=O)/C(=C\c3ccc(-c4ccc(F)cc4)o3)SC2=S)cc1. The van der Waals surface area contributed by atoms with Gasteiger partial charge in [0.05, 0.1) is 16.2 Å². The number of nitrogens with zero attached hydrogens (tertiary/aromatic N) is 1. The predicted molar refractivity (Wildman–Crippen MR) is 113 cm³/mol. The van der Waals surface area contributed by atoms with Crippen LogP contribution in [0.2, 0.25) is 0 Å². The van der Waals surface area contributed by atoms with Crippen molar-refractivity contribution >= 4 is 51.9 Å². The quantitative estimate of drug-likeness (QED) is 0.458. The van der Waals surface area contributed by atoms with E-state index in [1.165, 1.54) is 41.3 Å². The normalized spacial score (nSPS) is 15.3. The van der Waals surface area contributed by atoms with E-state index in [-0.39, 0.29) is 17.3 Å². The van der Waals surface area contributed by atoms with Crippen molar-refractivity contribution in [3.05, 3.63) is 82.7 Å². The van der Waals surface area contributed by atoms with Crippen LogP contribution in [0.15, 0.2) is 70.0 Å². The molecule has 0 aliphatic carbocycles. The van der Waals surface area contributed by atoms with Crippen molar-refractivity contribution in [1.29, 1.82) is 0 Å². The van der Waals surface area contributed by atoms with E-state index in [4.69, 9.17) is 21.7 Å². The maximum Gasteiger partial charge on any atom is 0.335 e. The fourth-order valence-corrected chi connectivity index (χ4v) is 4.05. The molecule has 1 amide bonds. The molecule has 1 fully saturated rings. The van der Waals surface area contributed by atoms with Gasteiger partial charge < -0.3 is 9.52 Å². The highest BCUT2D eigenvalue weighted by molar-refractivity contribution is 8.27. The second kappa shape index (κ2) is 7.65. The molecule has 2 heterocycles. The maximum atomic E-state index is 13.1. The number of carbonyl (C=O) groups excluding carboxylic acids is 1. The van der Waals surface area contributed by atoms with Gasteiger partial charge >= 0.3 is 5.97 Å². The number of halogens is 1. The van der Waals surface area contributed by atoms with Crippen molar-refractivity contribution < 1.29 is 23.5 Å². The predicted octanol–water partition coefficient (Wildman–Crippen LogP) is 5.19. The van der Waals surface area contributed by atoms with Crippen LogP contribution in [0.5, 0.6) is 0 Å². The van der Waals surface area contributed by atoms with Gasteiger partial charge in [-0.25, -0.2) is 9.18 Å². The molecular formula is C21H12FNO4S2. The number of amides is 1. The van der Waals surface area contributed by atoms with Gasteiger partial charge in [0, 0.05) is 11.6 Å². The van der Waals surface area contributed by atoms with Crippen molar-refractivity contribution in [3.63, 3.8) is 0 Å². The number of aromatic carboxylic acids is 1. The lowest BCUT2D eigenvalue weighted by Gasteiger charge is -2.14. The van der Waals surface area contributed by atoms with Gasteiger partial charge in [0.25, 0.3) is 5.91 Å². The standard InChI is InChI=1S/C21H12FNO4S2/c22-14-5-1-12(2-6-14)17-10-9-16(27-17)11-18-19(24)23(21(28)29-18)15-7-3-13(4-8-15)20(25)26/h1-11H,(H,25,26)/b18-11+. The lowest BCUT2D eigenvalue weighted by atomic mass is 10.2. The van der Waals surface area contributed by atoms with Gasteiger partial charge in [0.2, 0.25) is 0 Å². The number of hydrogen-bond donors (Lipinski definition) is 1. The molecule has 0 atom stereocenters. The van der Waals surface area contributed by atoms with Gasteiger partial charge in [-0.2, -0.15) is 0 Å². The molecule has 8 heteroatoms. The van der Waals surface area contributed by atoms with E-state index in [9.17, 15) is 14.0 Å². The summed E-state index contributed by atoms with van der Waals surface area (Å²) in [5.41, 5.74) is 1.34. The molecule has 0 spiro atoms. The molecule has 1 aliphatic heterocycles. The van der Waals surface area contributed by atoms with Crippen LogP contribution in [-0.2, 0) is 4.79 Å². The molecule has 144 valence electrons. The van der Waals surface area contributed by atoms with Crippen molar-refractivity contribution in [2.24, 2.45) is 0 Å². The van der Waals surface area contributed by atoms with Crippen LogP contribution < -0.4 is 4.90 Å². The first-order valence-corrected chi connectivity index (χ1v) is 9.62. The highest BCUT2D eigenvalue weighted by Gasteiger charge is 2.33. The fourth-order valence-electron chi connectivity index (χ4n) is 2.77. The highest BCUT2D eigenvalue weighted by Crippen LogP contribution is 2.36. The number of carboxylic acids is 1. The van der Waals surface area contributed by atoms with Gasteiger partial charge in [-0.05, 0) is 60.7 Å². The summed E-state index contributed by atoms with van der Waals surface area (Å²) in [4.78, 5) is 25.5. The molecule has 3 aromatic rings. The number of hydrogen-bond acceptors (Lipinski definition) is 5. The third kappa shape index (κ3) is 3.85. The van der Waals surface area contributed by atoms with Crippen LogP contribution in [0.25, 0.3) is 17.4 Å². The van der Waals surface area contributed by atoms with Crippen molar-refractivity contribution in [1.82, 2.24) is 0 Å². The molecule has 1 saturated heterocycles. The Morgan fingerprint density at radius 1 is 1.07 bits per heavy atom. The third-order valence-electron chi connectivity index (χ3n) is 4.20. The van der Waals surface area contributed by atoms with E-state index >= 15 is 0 Å². The van der Waals surface area contributed by atoms with E-state index in [1.54, 1.807) is 30.3 Å². The number of carbonyl (C=O) groups is 2. The minimum atomic E-state index is -1.04. The monoisotopic (exact) mass is 425 g/mol. The first kappa shape index (κ1) is 19.1. The summed E-state index contributed by atoms with van der Waals surface area (Å²) in [6.07, 6.45) is 1.60. The average Bonchev–Trinajstić information content (AvgIpc) is 3.27. The number of thiocarbonyl (C=S) groups is 1. The minimum Gasteiger partial charge on any atom is -0.478 e. The second-order valence-corrected chi connectivity index (χ2v) is 7.75. The summed E-state index contributed by atoms with van der Waals surface area (Å²) in [5.74, 6) is -0.679.